The Morgan fingerprint density at radius 2 is 1.64 bits per heavy atom. The molecular formula is C30H34N2O4. The van der Waals surface area contributed by atoms with E-state index in [1.54, 1.807) is 0 Å². The van der Waals surface area contributed by atoms with Crippen molar-refractivity contribution in [2.75, 3.05) is 19.8 Å². The molecule has 4 N–H and O–H groups in total. The predicted molar refractivity (Wildman–Crippen MR) is 142 cm³/mol. The van der Waals surface area contributed by atoms with Crippen LogP contribution in [0.3, 0.4) is 0 Å². The van der Waals surface area contributed by atoms with Crippen molar-refractivity contribution in [2.24, 2.45) is 5.73 Å². The van der Waals surface area contributed by atoms with Gasteiger partial charge in [0.15, 0.2) is 0 Å². The number of rotatable bonds is 11. The first-order chi connectivity index (χ1) is 17.4. The van der Waals surface area contributed by atoms with Crippen molar-refractivity contribution in [1.82, 2.24) is 4.57 Å². The molecule has 0 radical (unpaired) electrons. The summed E-state index contributed by atoms with van der Waals surface area (Å²) in [5.74, 6) is -0.409. The highest BCUT2D eigenvalue weighted by molar-refractivity contribution is 5.86. The second kappa shape index (κ2) is 11.5. The number of aliphatic hydroxyl groups excluding tert-OH is 2. The molecule has 6 heteroatoms. The molecular weight excluding hydrogens is 452 g/mol. The molecule has 3 aromatic carbocycles. The molecule has 4 aromatic rings. The molecule has 188 valence electrons. The van der Waals surface area contributed by atoms with E-state index in [1.165, 1.54) is 22.1 Å². The van der Waals surface area contributed by atoms with E-state index in [-0.39, 0.29) is 13.0 Å². The van der Waals surface area contributed by atoms with Gasteiger partial charge in [-0.2, -0.15) is 0 Å². The molecule has 0 bridgehead atoms. The van der Waals surface area contributed by atoms with Gasteiger partial charge in [0.25, 0.3) is 0 Å². The lowest BCUT2D eigenvalue weighted by Gasteiger charge is -2.23. The first-order valence-corrected chi connectivity index (χ1v) is 12.3. The van der Waals surface area contributed by atoms with Gasteiger partial charge in [0, 0.05) is 23.7 Å². The molecule has 4 rings (SSSR count). The first kappa shape index (κ1) is 25.6. The molecule has 6 nitrogen and oxygen atoms in total. The normalized spacial score (nSPS) is 11.7. The average Bonchev–Trinajstić information content (AvgIpc) is 3.28. The number of nitrogens with zero attached hydrogens (tertiary/aromatic N) is 1. The van der Waals surface area contributed by atoms with Gasteiger partial charge in [0.2, 0.25) is 0 Å². The van der Waals surface area contributed by atoms with E-state index < -0.39 is 24.7 Å². The number of nitrogens with two attached hydrogens (primary N) is 1. The summed E-state index contributed by atoms with van der Waals surface area (Å²) in [5, 5.41) is 19.7. The van der Waals surface area contributed by atoms with Crippen LogP contribution < -0.4 is 5.73 Å². The fourth-order valence-corrected chi connectivity index (χ4v) is 4.23. The summed E-state index contributed by atoms with van der Waals surface area (Å²) in [6, 6.07) is 25.3. The molecule has 0 atom stereocenters. The van der Waals surface area contributed by atoms with Crippen LogP contribution in [0.15, 0.2) is 79.0 Å². The Balaban J connectivity index is 1.55. The average molecular weight is 487 g/mol. The van der Waals surface area contributed by atoms with E-state index in [9.17, 15) is 15.0 Å². The minimum atomic E-state index is -1.32. The second-order valence-electron chi connectivity index (χ2n) is 9.54. The van der Waals surface area contributed by atoms with Gasteiger partial charge in [0.05, 0.1) is 24.3 Å². The summed E-state index contributed by atoms with van der Waals surface area (Å²) < 4.78 is 7.43. The Kier molecular flexibility index (Phi) is 8.21. The smallest absolute Gasteiger partial charge is 0.306 e. The summed E-state index contributed by atoms with van der Waals surface area (Å²) in [6.45, 7) is 0.941. The SMILES string of the molecule is Cc1ccc(-n2cc(CCc3ccccc3)c3cc(CCC(=O)OCC(N)(CO)CO)ccc32)cc1. The van der Waals surface area contributed by atoms with Crippen LogP contribution in [-0.4, -0.2) is 46.1 Å². The number of aryl methyl sites for hydroxylation is 4. The van der Waals surface area contributed by atoms with E-state index in [0.29, 0.717) is 6.42 Å². The summed E-state index contributed by atoms with van der Waals surface area (Å²) >= 11 is 0. The number of aliphatic hydroxyl groups is 2. The number of carbonyl (C=O) groups excluding carboxylic acids is 1. The number of aromatic nitrogens is 1. The van der Waals surface area contributed by atoms with E-state index in [4.69, 9.17) is 10.5 Å². The zero-order valence-corrected chi connectivity index (χ0v) is 20.7. The molecule has 1 aromatic heterocycles. The molecule has 0 aliphatic rings. The van der Waals surface area contributed by atoms with Gasteiger partial charge in [-0.15, -0.1) is 0 Å². The van der Waals surface area contributed by atoms with Crippen LogP contribution >= 0.6 is 0 Å². The summed E-state index contributed by atoms with van der Waals surface area (Å²) in [7, 11) is 0. The summed E-state index contributed by atoms with van der Waals surface area (Å²) in [4.78, 5) is 12.3. The third-order valence-electron chi connectivity index (χ3n) is 6.56. The molecule has 0 saturated heterocycles. The van der Waals surface area contributed by atoms with Crippen molar-refractivity contribution in [2.45, 2.75) is 38.1 Å². The molecule has 0 fully saturated rings. The lowest BCUT2D eigenvalue weighted by Crippen LogP contribution is -2.51. The second-order valence-corrected chi connectivity index (χ2v) is 9.54. The third kappa shape index (κ3) is 6.21. The maximum atomic E-state index is 12.3. The molecule has 1 heterocycles. The molecule has 0 spiro atoms. The van der Waals surface area contributed by atoms with Crippen LogP contribution in [0.2, 0.25) is 0 Å². The summed E-state index contributed by atoms with van der Waals surface area (Å²) in [5.41, 5.74) is 11.5. The van der Waals surface area contributed by atoms with E-state index in [0.717, 1.165) is 29.6 Å². The lowest BCUT2D eigenvalue weighted by molar-refractivity contribution is -0.146. The van der Waals surface area contributed by atoms with Crippen LogP contribution in [0, 0.1) is 6.92 Å². The fraction of sp³-hybridized carbons (Fsp3) is 0.300. The van der Waals surface area contributed by atoms with Crippen LogP contribution in [0.5, 0.6) is 0 Å². The van der Waals surface area contributed by atoms with Crippen molar-refractivity contribution >= 4 is 16.9 Å². The number of fused-ring (bicyclic) bond motifs is 1. The van der Waals surface area contributed by atoms with Crippen molar-refractivity contribution in [1.29, 1.82) is 0 Å². The van der Waals surface area contributed by atoms with Crippen molar-refractivity contribution in [3.05, 3.63) is 101 Å². The first-order valence-electron chi connectivity index (χ1n) is 12.3. The number of ether oxygens (including phenoxy) is 1. The minimum Gasteiger partial charge on any atom is -0.464 e. The zero-order valence-electron chi connectivity index (χ0n) is 20.7. The van der Waals surface area contributed by atoms with E-state index in [2.05, 4.69) is 84.4 Å². The fourth-order valence-electron chi connectivity index (χ4n) is 4.23. The van der Waals surface area contributed by atoms with Gasteiger partial charge >= 0.3 is 5.97 Å². The quantitative estimate of drug-likeness (QED) is 0.280. The molecule has 36 heavy (non-hydrogen) atoms. The molecule has 0 aliphatic heterocycles. The Hall–Kier alpha value is -3.45. The third-order valence-corrected chi connectivity index (χ3v) is 6.56. The van der Waals surface area contributed by atoms with Gasteiger partial charge in [-0.25, -0.2) is 0 Å². The van der Waals surface area contributed by atoms with Crippen LogP contribution in [0.4, 0.5) is 0 Å². The van der Waals surface area contributed by atoms with E-state index in [1.807, 2.05) is 6.07 Å². The Labute approximate surface area is 211 Å². The van der Waals surface area contributed by atoms with Crippen molar-refractivity contribution < 1.29 is 19.7 Å². The van der Waals surface area contributed by atoms with Gasteiger partial charge in [-0.05, 0) is 67.1 Å². The predicted octanol–water partition coefficient (Wildman–Crippen LogP) is 3.88. The Morgan fingerprint density at radius 3 is 2.33 bits per heavy atom. The number of esters is 1. The number of benzene rings is 3. The maximum absolute atomic E-state index is 12.3. The lowest BCUT2D eigenvalue weighted by atomic mass is 10.0. The number of hydrogen-bond donors (Lipinski definition) is 3. The largest absolute Gasteiger partial charge is 0.464 e. The number of carbonyl (C=O) groups is 1. The van der Waals surface area contributed by atoms with Gasteiger partial charge < -0.3 is 25.3 Å². The van der Waals surface area contributed by atoms with Crippen molar-refractivity contribution in [3.8, 4) is 5.69 Å². The highest BCUT2D eigenvalue weighted by Crippen LogP contribution is 2.28. The van der Waals surface area contributed by atoms with Crippen LogP contribution in [0.1, 0.15) is 28.7 Å². The van der Waals surface area contributed by atoms with Gasteiger partial charge in [0.1, 0.15) is 6.61 Å². The Bertz CT molecular complexity index is 1290. The Morgan fingerprint density at radius 1 is 0.917 bits per heavy atom. The number of hydrogen-bond acceptors (Lipinski definition) is 5. The van der Waals surface area contributed by atoms with Crippen LogP contribution in [-0.2, 0) is 28.8 Å². The zero-order chi connectivity index (χ0) is 25.5. The molecule has 0 amide bonds. The highest BCUT2D eigenvalue weighted by Gasteiger charge is 2.25. The van der Waals surface area contributed by atoms with Crippen molar-refractivity contribution in [3.63, 3.8) is 0 Å². The molecule has 0 aliphatic carbocycles. The summed E-state index contributed by atoms with van der Waals surface area (Å²) in [6.07, 6.45) is 4.79. The minimum absolute atomic E-state index is 0.191. The van der Waals surface area contributed by atoms with E-state index >= 15 is 0 Å². The molecule has 0 unspecified atom stereocenters. The van der Waals surface area contributed by atoms with Gasteiger partial charge in [-0.3, -0.25) is 4.79 Å². The highest BCUT2D eigenvalue weighted by atomic mass is 16.5. The molecule has 0 saturated carbocycles. The standard InChI is InChI=1S/C30H34N2O4/c1-22-7-13-26(14-8-22)32-18-25(12-9-23-5-3-2-4-6-23)27-17-24(10-15-28(27)32)11-16-29(35)36-21-30(31,19-33)20-34/h2-8,10,13-15,17-18,33-34H,9,11-12,16,19-21,31H2,1H3. The van der Waals surface area contributed by atoms with Gasteiger partial charge in [-0.1, -0.05) is 54.1 Å². The monoisotopic (exact) mass is 486 g/mol. The maximum Gasteiger partial charge on any atom is 0.306 e. The topological polar surface area (TPSA) is 97.7 Å². The van der Waals surface area contributed by atoms with Crippen LogP contribution in [0.25, 0.3) is 16.6 Å².